The van der Waals surface area contributed by atoms with Gasteiger partial charge in [-0.05, 0) is 50.2 Å². The molecule has 0 saturated heterocycles. The molecule has 35 heavy (non-hydrogen) atoms. The number of benzene rings is 2. The van der Waals surface area contributed by atoms with E-state index in [0.29, 0.717) is 12.8 Å². The van der Waals surface area contributed by atoms with Crippen LogP contribution in [0.3, 0.4) is 0 Å². The summed E-state index contributed by atoms with van der Waals surface area (Å²) in [5, 5.41) is 0. The highest BCUT2D eigenvalue weighted by atomic mass is 28.4. The molecule has 0 heterocycles. The highest BCUT2D eigenvalue weighted by Gasteiger charge is 2.49. The van der Waals surface area contributed by atoms with Gasteiger partial charge in [0.05, 0.1) is 13.2 Å². The van der Waals surface area contributed by atoms with E-state index >= 15 is 0 Å². The molecule has 0 aliphatic rings. The number of esters is 2. The van der Waals surface area contributed by atoms with Crippen molar-refractivity contribution in [3.05, 3.63) is 97.1 Å². The molecule has 2 unspecified atom stereocenters. The van der Waals surface area contributed by atoms with Gasteiger partial charge in [-0.3, -0.25) is 0 Å². The summed E-state index contributed by atoms with van der Waals surface area (Å²) in [6.07, 6.45) is 3.76. The van der Waals surface area contributed by atoms with Crippen LogP contribution in [0.5, 0.6) is 0 Å². The van der Waals surface area contributed by atoms with Crippen molar-refractivity contribution >= 4 is 28.6 Å². The number of hydrogen-bond acceptors (Lipinski definition) is 5. The molecule has 0 N–H and O–H groups in total. The molecule has 0 bridgehead atoms. The summed E-state index contributed by atoms with van der Waals surface area (Å²) in [7, 11) is -4.77. The van der Waals surface area contributed by atoms with Crippen LogP contribution in [0.15, 0.2) is 86.0 Å². The first kappa shape index (κ1) is 28.5. The second-order valence-corrected chi connectivity index (χ2v) is 18.9. The number of hydrogen-bond donors (Lipinski definition) is 0. The van der Waals surface area contributed by atoms with Crippen LogP contribution in [0.25, 0.3) is 0 Å². The summed E-state index contributed by atoms with van der Waals surface area (Å²) in [6.45, 7) is 16.2. The monoisotopic (exact) mass is 510 g/mol. The van der Waals surface area contributed by atoms with E-state index in [1.165, 1.54) is 12.2 Å². The number of carbonyl (C=O) groups is 2. The van der Waals surface area contributed by atoms with Crippen molar-refractivity contribution in [2.45, 2.75) is 50.1 Å². The highest BCUT2D eigenvalue weighted by molar-refractivity contribution is 6.86. The van der Waals surface area contributed by atoms with E-state index in [4.69, 9.17) is 13.6 Å². The van der Waals surface area contributed by atoms with Gasteiger partial charge in [-0.1, -0.05) is 73.8 Å². The predicted molar refractivity (Wildman–Crippen MR) is 146 cm³/mol. The molecule has 188 valence electrons. The van der Waals surface area contributed by atoms with Crippen molar-refractivity contribution in [1.82, 2.24) is 0 Å². The van der Waals surface area contributed by atoms with Gasteiger partial charge in [0.2, 0.25) is 0 Å². The minimum atomic E-state index is -2.73. The van der Waals surface area contributed by atoms with Crippen LogP contribution in [-0.4, -0.2) is 41.8 Å². The lowest BCUT2D eigenvalue weighted by atomic mass is 10.1. The van der Waals surface area contributed by atoms with Crippen molar-refractivity contribution in [3.63, 3.8) is 0 Å². The minimum Gasteiger partial charge on any atom is -0.462 e. The Morgan fingerprint density at radius 1 is 0.743 bits per heavy atom. The fourth-order valence-electron chi connectivity index (χ4n) is 4.29. The Bertz CT molecular complexity index is 900. The molecule has 0 aromatic heterocycles. The van der Waals surface area contributed by atoms with Gasteiger partial charge in [0, 0.05) is 23.2 Å². The molecular formula is C28H38O5Si2. The summed E-state index contributed by atoms with van der Waals surface area (Å²) in [6, 6.07) is 20.3. The van der Waals surface area contributed by atoms with Crippen LogP contribution in [0.2, 0.25) is 37.3 Å². The van der Waals surface area contributed by atoms with Crippen molar-refractivity contribution in [1.29, 1.82) is 0 Å². The van der Waals surface area contributed by atoms with E-state index in [2.05, 4.69) is 63.6 Å². The lowest BCUT2D eigenvalue weighted by Crippen LogP contribution is -2.55. The Balaban J connectivity index is 2.54. The molecule has 2 rings (SSSR count). The molecule has 5 nitrogen and oxygen atoms in total. The summed E-state index contributed by atoms with van der Waals surface area (Å²) in [4.78, 5) is 24.1. The van der Waals surface area contributed by atoms with Crippen molar-refractivity contribution in [3.8, 4) is 0 Å². The van der Waals surface area contributed by atoms with Crippen molar-refractivity contribution in [2.75, 3.05) is 13.2 Å². The minimum absolute atomic E-state index is 0.0586. The number of ether oxygens (including phenoxy) is 2. The van der Waals surface area contributed by atoms with E-state index < -0.39 is 28.6 Å². The highest BCUT2D eigenvalue weighted by Crippen LogP contribution is 2.41. The fourth-order valence-corrected chi connectivity index (χ4v) is 13.7. The standard InChI is InChI=1S/C28H38O5Si2/c1-7-27(29)31-21-25(19-23-15-11-9-12-16-23)35(6,33-34(3,4)5)26(22-32-28(30)8-2)20-24-17-13-10-14-18-24/h7-18,25-26H,1-2,19-22H2,3-6H3. The molecule has 0 fully saturated rings. The molecule has 7 heteroatoms. The summed E-state index contributed by atoms with van der Waals surface area (Å²) >= 11 is 0. The molecule has 0 saturated carbocycles. The van der Waals surface area contributed by atoms with E-state index in [-0.39, 0.29) is 24.3 Å². The SMILES string of the molecule is C=CC(=O)OCC(Cc1ccccc1)[Si](C)(O[Si](C)(C)C)C(COC(=O)C=C)Cc1ccccc1. The molecule has 0 radical (unpaired) electrons. The Morgan fingerprint density at radius 2 is 1.11 bits per heavy atom. The molecule has 2 atom stereocenters. The Morgan fingerprint density at radius 3 is 1.43 bits per heavy atom. The molecule has 2 aromatic carbocycles. The normalized spacial score (nSPS) is 14.7. The van der Waals surface area contributed by atoms with E-state index in [1.54, 1.807) is 0 Å². The quantitative estimate of drug-likeness (QED) is 0.175. The Hall–Kier alpha value is -2.75. The van der Waals surface area contributed by atoms with Crippen molar-refractivity contribution < 1.29 is 23.2 Å². The summed E-state index contributed by atoms with van der Waals surface area (Å²) < 4.78 is 18.3. The van der Waals surface area contributed by atoms with Crippen LogP contribution < -0.4 is 0 Å². The van der Waals surface area contributed by atoms with Crippen LogP contribution in [0.4, 0.5) is 0 Å². The second-order valence-electron chi connectivity index (χ2n) is 9.84. The third kappa shape index (κ3) is 9.43. The zero-order valence-corrected chi connectivity index (χ0v) is 23.4. The first-order valence-corrected chi connectivity index (χ1v) is 17.9. The van der Waals surface area contributed by atoms with Crippen molar-refractivity contribution in [2.24, 2.45) is 0 Å². The Labute approximate surface area is 212 Å². The zero-order chi connectivity index (χ0) is 25.9. The molecule has 0 aliphatic carbocycles. The van der Waals surface area contributed by atoms with E-state index in [9.17, 15) is 9.59 Å². The topological polar surface area (TPSA) is 61.8 Å². The van der Waals surface area contributed by atoms with Gasteiger partial charge in [0.15, 0.2) is 16.6 Å². The van der Waals surface area contributed by atoms with Gasteiger partial charge in [0.1, 0.15) is 0 Å². The van der Waals surface area contributed by atoms with Gasteiger partial charge in [-0.15, -0.1) is 0 Å². The fraction of sp³-hybridized carbons (Fsp3) is 0.357. The van der Waals surface area contributed by atoms with Crippen LogP contribution in [0, 0.1) is 0 Å². The van der Waals surface area contributed by atoms with Gasteiger partial charge in [-0.2, -0.15) is 0 Å². The van der Waals surface area contributed by atoms with Gasteiger partial charge in [0.25, 0.3) is 0 Å². The first-order chi connectivity index (χ1) is 16.6. The smallest absolute Gasteiger partial charge is 0.330 e. The van der Waals surface area contributed by atoms with E-state index in [0.717, 1.165) is 11.1 Å². The Kier molecular flexibility index (Phi) is 10.9. The summed E-state index contributed by atoms with van der Waals surface area (Å²) in [5.74, 6) is -0.907. The number of carbonyl (C=O) groups excluding carboxylic acids is 2. The predicted octanol–water partition coefficient (Wildman–Crippen LogP) is 6.10. The third-order valence-corrected chi connectivity index (χ3v) is 14.2. The average Bonchev–Trinajstić information content (AvgIpc) is 2.83. The van der Waals surface area contributed by atoms with Crippen LogP contribution in [0.1, 0.15) is 11.1 Å². The maximum absolute atomic E-state index is 12.1. The van der Waals surface area contributed by atoms with Gasteiger partial charge in [-0.25, -0.2) is 9.59 Å². The average molecular weight is 511 g/mol. The second kappa shape index (κ2) is 13.4. The summed E-state index contributed by atoms with van der Waals surface area (Å²) in [5.41, 5.74) is 2.17. The maximum Gasteiger partial charge on any atom is 0.330 e. The third-order valence-electron chi connectivity index (χ3n) is 5.98. The molecule has 2 aromatic rings. The van der Waals surface area contributed by atoms with E-state index in [1.807, 2.05) is 36.4 Å². The van der Waals surface area contributed by atoms with Crippen LogP contribution in [-0.2, 0) is 36.0 Å². The first-order valence-electron chi connectivity index (χ1n) is 11.9. The lowest BCUT2D eigenvalue weighted by Gasteiger charge is -2.45. The van der Waals surface area contributed by atoms with Gasteiger partial charge >= 0.3 is 11.9 Å². The molecular weight excluding hydrogens is 472 g/mol. The zero-order valence-electron chi connectivity index (χ0n) is 21.4. The van der Waals surface area contributed by atoms with Gasteiger partial charge < -0.3 is 13.6 Å². The number of rotatable bonds is 14. The molecule has 0 spiro atoms. The molecule has 0 amide bonds. The largest absolute Gasteiger partial charge is 0.462 e. The lowest BCUT2D eigenvalue weighted by molar-refractivity contribution is -0.138. The van der Waals surface area contributed by atoms with Crippen LogP contribution >= 0.6 is 0 Å². The maximum atomic E-state index is 12.1. The molecule has 0 aliphatic heterocycles.